The van der Waals surface area contributed by atoms with Crippen molar-refractivity contribution < 1.29 is 0 Å². The minimum atomic E-state index is 0.715. The maximum Gasteiger partial charge on any atom is 0.159 e. The van der Waals surface area contributed by atoms with E-state index in [0.29, 0.717) is 5.02 Å². The molecule has 4 heterocycles. The summed E-state index contributed by atoms with van der Waals surface area (Å²) >= 11 is 6.21. The van der Waals surface area contributed by atoms with Gasteiger partial charge in [-0.2, -0.15) is 5.10 Å². The average Bonchev–Trinajstić information content (AvgIpc) is 2.92. The summed E-state index contributed by atoms with van der Waals surface area (Å²) in [6.07, 6.45) is 8.19. The second kappa shape index (κ2) is 6.30. The topological polar surface area (TPSA) is 59.7 Å². The number of aryl methyl sites for hydroxylation is 1. The smallest absolute Gasteiger partial charge is 0.159 e. The Hall–Kier alpha value is -2.31. The minimum Gasteiger partial charge on any atom is -0.293 e. The van der Waals surface area contributed by atoms with E-state index in [-0.39, 0.29) is 0 Å². The lowest BCUT2D eigenvalue weighted by Crippen LogP contribution is -2.31. The summed E-state index contributed by atoms with van der Waals surface area (Å²) in [5.41, 5.74) is 4.21. The van der Waals surface area contributed by atoms with Crippen molar-refractivity contribution in [1.82, 2.24) is 29.6 Å². The Balaban J connectivity index is 1.53. The fraction of sp³-hybridized carbons (Fsp3) is 0.294. The van der Waals surface area contributed by atoms with Crippen molar-refractivity contribution in [1.29, 1.82) is 0 Å². The van der Waals surface area contributed by atoms with E-state index in [2.05, 4.69) is 20.0 Å². The number of hydrogen-bond acceptors (Lipinski definition) is 5. The monoisotopic (exact) mass is 340 g/mol. The Kier molecular flexibility index (Phi) is 4.00. The molecule has 0 N–H and O–H groups in total. The number of fused-ring (bicyclic) bond motifs is 1. The van der Waals surface area contributed by atoms with E-state index < -0.39 is 0 Å². The van der Waals surface area contributed by atoms with E-state index in [4.69, 9.17) is 16.6 Å². The second-order valence-electron chi connectivity index (χ2n) is 5.96. The van der Waals surface area contributed by atoms with Crippen molar-refractivity contribution in [3.63, 3.8) is 0 Å². The quantitative estimate of drug-likeness (QED) is 0.733. The number of pyridine rings is 1. The van der Waals surface area contributed by atoms with E-state index in [1.165, 1.54) is 5.56 Å². The molecule has 3 aromatic heterocycles. The molecule has 0 bridgehead atoms. The van der Waals surface area contributed by atoms with Gasteiger partial charge in [-0.25, -0.2) is 9.97 Å². The maximum atomic E-state index is 6.21. The number of halogens is 1. The van der Waals surface area contributed by atoms with E-state index in [0.717, 1.165) is 48.8 Å². The summed E-state index contributed by atoms with van der Waals surface area (Å²) in [6.45, 7) is 2.50. The number of aromatic nitrogens is 5. The predicted molar refractivity (Wildman–Crippen MR) is 91.3 cm³/mol. The molecule has 122 valence electrons. The highest BCUT2D eigenvalue weighted by Gasteiger charge is 2.20. The van der Waals surface area contributed by atoms with Crippen LogP contribution in [-0.4, -0.2) is 36.2 Å². The Bertz CT molecular complexity index is 861. The van der Waals surface area contributed by atoms with Crippen LogP contribution in [0.4, 0.5) is 0 Å². The van der Waals surface area contributed by atoms with Gasteiger partial charge in [-0.3, -0.25) is 14.6 Å². The van der Waals surface area contributed by atoms with E-state index >= 15 is 0 Å². The van der Waals surface area contributed by atoms with E-state index in [9.17, 15) is 0 Å². The van der Waals surface area contributed by atoms with Gasteiger partial charge in [0.05, 0.1) is 16.4 Å². The molecule has 0 aromatic carbocycles. The van der Waals surface area contributed by atoms with Crippen LogP contribution in [0.25, 0.3) is 11.4 Å². The van der Waals surface area contributed by atoms with Crippen molar-refractivity contribution in [2.45, 2.75) is 19.5 Å². The van der Waals surface area contributed by atoms with E-state index in [1.54, 1.807) is 17.1 Å². The van der Waals surface area contributed by atoms with E-state index in [1.807, 2.05) is 31.6 Å². The third kappa shape index (κ3) is 3.02. The molecular weight excluding hydrogens is 324 g/mol. The first-order chi connectivity index (χ1) is 11.7. The van der Waals surface area contributed by atoms with Crippen LogP contribution in [0.15, 0.2) is 36.9 Å². The summed E-state index contributed by atoms with van der Waals surface area (Å²) in [7, 11) is 1.88. The van der Waals surface area contributed by atoms with Crippen molar-refractivity contribution >= 4 is 11.6 Å². The molecule has 0 saturated heterocycles. The summed E-state index contributed by atoms with van der Waals surface area (Å²) in [5.74, 6) is 0.761. The molecule has 0 amide bonds. The van der Waals surface area contributed by atoms with Gasteiger partial charge < -0.3 is 0 Å². The van der Waals surface area contributed by atoms with Crippen molar-refractivity contribution in [2.75, 3.05) is 6.54 Å². The highest BCUT2D eigenvalue weighted by Crippen LogP contribution is 2.23. The molecular formula is C17H17ClN6. The minimum absolute atomic E-state index is 0.715. The van der Waals surface area contributed by atoms with Gasteiger partial charge >= 0.3 is 0 Å². The molecule has 3 aromatic rings. The molecule has 0 unspecified atom stereocenters. The molecule has 0 spiro atoms. The summed E-state index contributed by atoms with van der Waals surface area (Å²) in [5, 5.41) is 5.14. The molecule has 6 nitrogen and oxygen atoms in total. The molecule has 7 heteroatoms. The number of nitrogens with zero attached hydrogens (tertiary/aromatic N) is 6. The SMILES string of the molecule is Cn1cc(Cl)c(CN2CCc3nc(-c4ccncc4)ncc3C2)n1. The number of hydrogen-bond donors (Lipinski definition) is 0. The molecule has 0 aliphatic carbocycles. The second-order valence-corrected chi connectivity index (χ2v) is 6.37. The zero-order valence-electron chi connectivity index (χ0n) is 13.4. The Morgan fingerprint density at radius 1 is 1.25 bits per heavy atom. The fourth-order valence-electron chi connectivity index (χ4n) is 2.97. The lowest BCUT2D eigenvalue weighted by atomic mass is 10.1. The molecule has 1 aliphatic rings. The van der Waals surface area contributed by atoms with Crippen LogP contribution in [0.1, 0.15) is 17.0 Å². The lowest BCUT2D eigenvalue weighted by molar-refractivity contribution is 0.239. The first-order valence-corrected chi connectivity index (χ1v) is 8.22. The fourth-order valence-corrected chi connectivity index (χ4v) is 3.21. The largest absolute Gasteiger partial charge is 0.293 e. The lowest BCUT2D eigenvalue weighted by Gasteiger charge is -2.27. The van der Waals surface area contributed by atoms with Gasteiger partial charge in [0.15, 0.2) is 5.82 Å². The van der Waals surface area contributed by atoms with Gasteiger partial charge in [0.1, 0.15) is 0 Å². The zero-order valence-corrected chi connectivity index (χ0v) is 14.1. The summed E-state index contributed by atoms with van der Waals surface area (Å²) < 4.78 is 1.75. The standard InChI is InChI=1S/C17H17ClN6/c1-23-10-14(18)16(22-23)11-24-7-4-15-13(9-24)8-20-17(21-15)12-2-5-19-6-3-12/h2-3,5-6,8,10H,4,7,9,11H2,1H3. The first kappa shape index (κ1) is 15.2. The third-order valence-corrected chi connectivity index (χ3v) is 4.49. The molecule has 4 rings (SSSR count). The van der Waals surface area contributed by atoms with Crippen LogP contribution < -0.4 is 0 Å². The zero-order chi connectivity index (χ0) is 16.5. The average molecular weight is 341 g/mol. The summed E-state index contributed by atoms with van der Waals surface area (Å²) in [6, 6.07) is 3.86. The molecule has 24 heavy (non-hydrogen) atoms. The Labute approximate surface area is 145 Å². The maximum absolute atomic E-state index is 6.21. The van der Waals surface area contributed by atoms with Gasteiger partial charge in [0.25, 0.3) is 0 Å². The van der Waals surface area contributed by atoms with Crippen LogP contribution in [0, 0.1) is 0 Å². The summed E-state index contributed by atoms with van der Waals surface area (Å²) in [4.78, 5) is 15.6. The van der Waals surface area contributed by atoms with Gasteiger partial charge in [-0.15, -0.1) is 0 Å². The molecule has 0 fully saturated rings. The van der Waals surface area contributed by atoms with Gasteiger partial charge in [-0.1, -0.05) is 11.6 Å². The molecule has 0 radical (unpaired) electrons. The third-order valence-electron chi connectivity index (χ3n) is 4.18. The van der Waals surface area contributed by atoms with Crippen LogP contribution in [0.5, 0.6) is 0 Å². The normalized spacial score (nSPS) is 14.6. The highest BCUT2D eigenvalue weighted by atomic mass is 35.5. The first-order valence-electron chi connectivity index (χ1n) is 7.84. The van der Waals surface area contributed by atoms with Gasteiger partial charge in [0.2, 0.25) is 0 Å². The number of rotatable bonds is 3. The van der Waals surface area contributed by atoms with Crippen molar-refractivity contribution in [2.24, 2.45) is 7.05 Å². The molecule has 0 atom stereocenters. The van der Waals surface area contributed by atoms with Crippen LogP contribution in [0.2, 0.25) is 5.02 Å². The van der Waals surface area contributed by atoms with Crippen LogP contribution in [-0.2, 0) is 26.6 Å². The van der Waals surface area contributed by atoms with Crippen LogP contribution in [0.3, 0.4) is 0 Å². The van der Waals surface area contributed by atoms with Crippen molar-refractivity contribution in [3.05, 3.63) is 58.9 Å². The van der Waals surface area contributed by atoms with Crippen LogP contribution >= 0.6 is 11.6 Å². The Morgan fingerprint density at radius 3 is 2.83 bits per heavy atom. The highest BCUT2D eigenvalue weighted by molar-refractivity contribution is 6.31. The Morgan fingerprint density at radius 2 is 2.08 bits per heavy atom. The molecule has 1 aliphatic heterocycles. The van der Waals surface area contributed by atoms with Gasteiger partial charge in [-0.05, 0) is 12.1 Å². The molecule has 0 saturated carbocycles. The van der Waals surface area contributed by atoms with Crippen molar-refractivity contribution in [3.8, 4) is 11.4 Å². The predicted octanol–water partition coefficient (Wildman–Crippen LogP) is 2.48. The van der Waals surface area contributed by atoms with Gasteiger partial charge in [0, 0.05) is 69.0 Å².